The number of benzene rings is 2. The summed E-state index contributed by atoms with van der Waals surface area (Å²) in [6.07, 6.45) is 0. The van der Waals surface area contributed by atoms with Crippen LogP contribution in [0.25, 0.3) is 0 Å². The normalized spacial score (nSPS) is 11.7. The van der Waals surface area contributed by atoms with E-state index in [0.717, 1.165) is 23.3 Å². The largest absolute Gasteiger partial charge is 0.325 e. The summed E-state index contributed by atoms with van der Waals surface area (Å²) < 4.78 is 38.3. The third-order valence-electron chi connectivity index (χ3n) is 3.53. The van der Waals surface area contributed by atoms with E-state index in [1.807, 2.05) is 32.0 Å². The van der Waals surface area contributed by atoms with Gasteiger partial charge in [0.2, 0.25) is 11.8 Å². The van der Waals surface area contributed by atoms with Crippen molar-refractivity contribution in [3.63, 3.8) is 0 Å². The van der Waals surface area contributed by atoms with Gasteiger partial charge in [-0.05, 0) is 37.1 Å². The fraction of sp³-hybridized carbons (Fsp3) is 0.222. The van der Waals surface area contributed by atoms with Crippen molar-refractivity contribution in [2.24, 2.45) is 0 Å². The van der Waals surface area contributed by atoms with E-state index in [1.54, 1.807) is 0 Å². The lowest BCUT2D eigenvalue weighted by molar-refractivity contribution is -0.114. The Bertz CT molecular complexity index is 851. The van der Waals surface area contributed by atoms with Crippen LogP contribution >= 0.6 is 0 Å². The molecule has 138 valence electrons. The molecule has 0 aliphatic carbocycles. The van der Waals surface area contributed by atoms with Gasteiger partial charge >= 0.3 is 0 Å². The van der Waals surface area contributed by atoms with Crippen molar-refractivity contribution in [1.82, 2.24) is 0 Å². The van der Waals surface area contributed by atoms with Crippen molar-refractivity contribution in [3.8, 4) is 0 Å². The molecule has 5 nitrogen and oxygen atoms in total. The van der Waals surface area contributed by atoms with E-state index in [4.69, 9.17) is 0 Å². The lowest BCUT2D eigenvalue weighted by atomic mass is 10.1. The van der Waals surface area contributed by atoms with E-state index in [0.29, 0.717) is 11.8 Å². The monoisotopic (exact) mass is 380 g/mol. The highest BCUT2D eigenvalue weighted by Crippen LogP contribution is 2.19. The first-order chi connectivity index (χ1) is 12.3. The van der Waals surface area contributed by atoms with Gasteiger partial charge in [0.25, 0.3) is 0 Å². The van der Waals surface area contributed by atoms with Crippen molar-refractivity contribution in [2.75, 3.05) is 22.1 Å². The third-order valence-corrected chi connectivity index (χ3v) is 4.70. The van der Waals surface area contributed by atoms with Crippen molar-refractivity contribution in [3.05, 3.63) is 59.2 Å². The molecule has 0 aliphatic heterocycles. The Kier molecular flexibility index (Phi) is 6.57. The molecule has 8 heteroatoms. The van der Waals surface area contributed by atoms with Crippen LogP contribution in [0.4, 0.5) is 20.2 Å². The molecule has 0 bridgehead atoms. The highest BCUT2D eigenvalue weighted by Gasteiger charge is 2.15. The molecule has 0 radical (unpaired) electrons. The molecule has 0 spiro atoms. The first kappa shape index (κ1) is 19.7. The Hall–Kier alpha value is -2.61. The summed E-state index contributed by atoms with van der Waals surface area (Å²) in [5, 5.41) is 4.89. The average molecular weight is 380 g/mol. The minimum absolute atomic E-state index is 0.214. The van der Waals surface area contributed by atoms with Crippen LogP contribution in [-0.4, -0.2) is 27.5 Å². The van der Waals surface area contributed by atoms with Crippen molar-refractivity contribution in [1.29, 1.82) is 0 Å². The zero-order chi connectivity index (χ0) is 19.3. The molecule has 1 atom stereocenters. The van der Waals surface area contributed by atoms with Crippen LogP contribution in [0, 0.1) is 25.5 Å². The first-order valence-corrected chi connectivity index (χ1v) is 9.21. The number of halogens is 2. The van der Waals surface area contributed by atoms with Gasteiger partial charge in [0.1, 0.15) is 23.1 Å². The molecule has 0 unspecified atom stereocenters. The predicted molar refractivity (Wildman–Crippen MR) is 97.4 cm³/mol. The molecule has 2 amide bonds. The molecule has 2 aromatic rings. The maximum Gasteiger partial charge on any atom is 0.237 e. The molecule has 0 aromatic heterocycles. The van der Waals surface area contributed by atoms with Crippen molar-refractivity contribution < 1.29 is 22.6 Å². The number of carbonyl (C=O) groups is 2. The minimum Gasteiger partial charge on any atom is -0.325 e. The number of anilines is 2. The van der Waals surface area contributed by atoms with Gasteiger partial charge in [-0.25, -0.2) is 8.78 Å². The quantitative estimate of drug-likeness (QED) is 0.809. The Morgan fingerprint density at radius 1 is 0.962 bits per heavy atom. The van der Waals surface area contributed by atoms with Gasteiger partial charge in [0.05, 0.1) is 5.69 Å². The second-order valence-corrected chi connectivity index (χ2v) is 7.17. The number of hydrogen-bond donors (Lipinski definition) is 2. The molecule has 2 rings (SSSR count). The summed E-state index contributed by atoms with van der Waals surface area (Å²) in [5.74, 6) is -3.76. The Morgan fingerprint density at radius 2 is 1.54 bits per heavy atom. The number of nitrogens with one attached hydrogen (secondary N) is 2. The van der Waals surface area contributed by atoms with Crippen LogP contribution in [0.3, 0.4) is 0 Å². The van der Waals surface area contributed by atoms with Gasteiger partial charge < -0.3 is 10.6 Å². The topological polar surface area (TPSA) is 75.3 Å². The molecule has 0 heterocycles. The van der Waals surface area contributed by atoms with Gasteiger partial charge in [0.15, 0.2) is 0 Å². The van der Waals surface area contributed by atoms with Crippen LogP contribution < -0.4 is 10.6 Å². The molecule has 0 fully saturated rings. The van der Waals surface area contributed by atoms with Crippen molar-refractivity contribution in [2.45, 2.75) is 13.8 Å². The van der Waals surface area contributed by atoms with E-state index in [1.165, 1.54) is 0 Å². The van der Waals surface area contributed by atoms with Crippen LogP contribution in [0.5, 0.6) is 0 Å². The molecule has 26 heavy (non-hydrogen) atoms. The maximum atomic E-state index is 13.5. The molecule has 2 aromatic carbocycles. The van der Waals surface area contributed by atoms with Crippen LogP contribution in [0.2, 0.25) is 0 Å². The summed E-state index contributed by atoms with van der Waals surface area (Å²) in [7, 11) is -1.77. The van der Waals surface area contributed by atoms with Crippen LogP contribution in [0.15, 0.2) is 36.4 Å². The predicted octanol–water partition coefficient (Wildman–Crippen LogP) is 2.91. The van der Waals surface area contributed by atoms with Gasteiger partial charge in [-0.1, -0.05) is 18.2 Å². The minimum atomic E-state index is -1.77. The Labute approximate surface area is 152 Å². The van der Waals surface area contributed by atoms with Gasteiger partial charge in [0, 0.05) is 22.6 Å². The molecule has 0 aliphatic rings. The highest BCUT2D eigenvalue weighted by molar-refractivity contribution is 7.86. The standard InChI is InChI=1S/C18H18F2N2O3S/c1-11-4-3-5-12(2)18(11)22-17(24)10-26(25)9-16(23)21-15-7-6-13(19)8-14(15)20/h3-8H,9-10H2,1-2H3,(H,21,23)(H,22,24)/t26-/m1/s1. The zero-order valence-corrected chi connectivity index (χ0v) is 15.1. The van der Waals surface area contributed by atoms with E-state index in [-0.39, 0.29) is 11.4 Å². The van der Waals surface area contributed by atoms with E-state index < -0.39 is 40.0 Å². The number of carbonyl (C=O) groups excluding carboxylic acids is 2. The molecule has 0 saturated carbocycles. The fourth-order valence-corrected chi connectivity index (χ4v) is 3.14. The fourth-order valence-electron chi connectivity index (χ4n) is 2.31. The summed E-state index contributed by atoms with van der Waals surface area (Å²) in [5.41, 5.74) is 2.17. The summed E-state index contributed by atoms with van der Waals surface area (Å²) in [6, 6.07) is 8.23. The van der Waals surface area contributed by atoms with Gasteiger partial charge in [-0.2, -0.15) is 0 Å². The average Bonchev–Trinajstić information content (AvgIpc) is 2.53. The molecule has 0 saturated heterocycles. The second-order valence-electron chi connectivity index (χ2n) is 5.72. The lowest BCUT2D eigenvalue weighted by Gasteiger charge is -2.11. The Balaban J connectivity index is 1.89. The number of aryl methyl sites for hydroxylation is 2. The van der Waals surface area contributed by atoms with E-state index >= 15 is 0 Å². The number of rotatable bonds is 6. The smallest absolute Gasteiger partial charge is 0.237 e. The molecular weight excluding hydrogens is 362 g/mol. The lowest BCUT2D eigenvalue weighted by Crippen LogP contribution is -2.27. The summed E-state index contributed by atoms with van der Waals surface area (Å²) >= 11 is 0. The second kappa shape index (κ2) is 8.66. The molecule has 2 N–H and O–H groups in total. The zero-order valence-electron chi connectivity index (χ0n) is 14.3. The number of hydrogen-bond acceptors (Lipinski definition) is 3. The van der Waals surface area contributed by atoms with Gasteiger partial charge in [-0.3, -0.25) is 13.8 Å². The van der Waals surface area contributed by atoms with Crippen molar-refractivity contribution >= 4 is 34.0 Å². The third kappa shape index (κ3) is 5.45. The number of amides is 2. The van der Waals surface area contributed by atoms with Crippen LogP contribution in [-0.2, 0) is 20.4 Å². The Morgan fingerprint density at radius 3 is 2.12 bits per heavy atom. The summed E-state index contributed by atoms with van der Waals surface area (Å²) in [6.45, 7) is 3.68. The number of para-hydroxylation sites is 1. The highest BCUT2D eigenvalue weighted by atomic mass is 32.2. The SMILES string of the molecule is Cc1cccc(C)c1NC(=O)C[S@](=O)CC(=O)Nc1ccc(F)cc1F. The maximum absolute atomic E-state index is 13.5. The molecular formula is C18H18F2N2O3S. The first-order valence-electron chi connectivity index (χ1n) is 7.72. The van der Waals surface area contributed by atoms with Crippen LogP contribution in [0.1, 0.15) is 11.1 Å². The van der Waals surface area contributed by atoms with E-state index in [2.05, 4.69) is 10.6 Å². The van der Waals surface area contributed by atoms with Gasteiger partial charge in [-0.15, -0.1) is 0 Å². The van der Waals surface area contributed by atoms with E-state index in [9.17, 15) is 22.6 Å². The summed E-state index contributed by atoms with van der Waals surface area (Å²) in [4.78, 5) is 23.8.